The van der Waals surface area contributed by atoms with E-state index in [1.165, 1.54) is 38.7 Å². The molecule has 4 aromatic rings. The minimum Gasteiger partial charge on any atom is -0.277 e. The van der Waals surface area contributed by atoms with Crippen molar-refractivity contribution in [3.8, 4) is 9.88 Å². The summed E-state index contributed by atoms with van der Waals surface area (Å²) in [6.45, 7) is -0.268. The molecule has 1 aliphatic heterocycles. The molecule has 0 fully saturated rings. The van der Waals surface area contributed by atoms with Crippen molar-refractivity contribution >= 4 is 51.7 Å². The van der Waals surface area contributed by atoms with Crippen LogP contribution >= 0.6 is 34.4 Å². The van der Waals surface area contributed by atoms with Gasteiger partial charge in [-0.1, -0.05) is 41.3 Å². The number of hydrogen-bond acceptors (Lipinski definition) is 6. The van der Waals surface area contributed by atoms with Crippen LogP contribution in [0.25, 0.3) is 9.88 Å². The van der Waals surface area contributed by atoms with Crippen LogP contribution in [0.3, 0.4) is 0 Å². The predicted molar refractivity (Wildman–Crippen MR) is 118 cm³/mol. The topological polar surface area (TPSA) is 62.0 Å². The summed E-state index contributed by atoms with van der Waals surface area (Å²) in [5.41, 5.74) is -0.138. The maximum Gasteiger partial charge on any atom is 0.416 e. The number of fused-ring (bicyclic) bond motifs is 2. The van der Waals surface area contributed by atoms with Gasteiger partial charge in [0.05, 0.1) is 21.8 Å². The molecule has 1 N–H and O–H groups in total. The molecule has 2 aromatic carbocycles. The van der Waals surface area contributed by atoms with Gasteiger partial charge in [-0.15, -0.1) is 11.3 Å². The highest BCUT2D eigenvalue weighted by atomic mass is 32.2. The van der Waals surface area contributed by atoms with Crippen LogP contribution < -0.4 is 9.70 Å². The third kappa shape index (κ3) is 3.76. The Morgan fingerprint density at radius 3 is 2.56 bits per heavy atom. The maximum absolute atomic E-state index is 13.4. The molecule has 1 amide bonds. The van der Waals surface area contributed by atoms with E-state index in [-0.39, 0.29) is 17.0 Å². The first kappa shape index (κ1) is 21.0. The highest BCUT2D eigenvalue weighted by molar-refractivity contribution is 7.99. The van der Waals surface area contributed by atoms with Crippen molar-refractivity contribution in [1.29, 1.82) is 5.41 Å². The van der Waals surface area contributed by atoms with Crippen LogP contribution in [0, 0.1) is 5.41 Å². The fourth-order valence-electron chi connectivity index (χ4n) is 3.33. The number of para-hydroxylation sites is 1. The van der Waals surface area contributed by atoms with Crippen molar-refractivity contribution in [2.45, 2.75) is 22.5 Å². The van der Waals surface area contributed by atoms with Crippen LogP contribution in [0.5, 0.6) is 0 Å². The van der Waals surface area contributed by atoms with Gasteiger partial charge in [-0.2, -0.15) is 18.3 Å². The summed E-state index contributed by atoms with van der Waals surface area (Å²) in [6.07, 6.45) is -4.53. The van der Waals surface area contributed by atoms with Crippen LogP contribution in [0.2, 0.25) is 0 Å². The van der Waals surface area contributed by atoms with E-state index in [2.05, 4.69) is 5.10 Å². The summed E-state index contributed by atoms with van der Waals surface area (Å²) in [4.78, 5) is 17.0. The Morgan fingerprint density at radius 1 is 1.03 bits per heavy atom. The number of carbonyl (C=O) groups excluding carboxylic acids is 1. The fourth-order valence-corrected chi connectivity index (χ4v) is 5.94. The second-order valence-electron chi connectivity index (χ2n) is 6.83. The maximum atomic E-state index is 13.4. The lowest BCUT2D eigenvalue weighted by atomic mass is 10.1. The highest BCUT2D eigenvalue weighted by Crippen LogP contribution is 2.49. The van der Waals surface area contributed by atoms with Gasteiger partial charge in [-0.05, 0) is 41.8 Å². The van der Waals surface area contributed by atoms with Gasteiger partial charge in [0.1, 0.15) is 6.54 Å². The van der Waals surface area contributed by atoms with E-state index in [1.54, 1.807) is 12.1 Å². The standard InChI is InChI=1S/C21H13F3N4OS3/c22-21(23,24)12-7-8-16-14(10-12)28(13-4-1-2-5-15(13)31-16)18(29)11-27-20(25)32-19(26-27)17-6-3-9-30-17/h1-10,25H,11H2. The lowest BCUT2D eigenvalue weighted by Crippen LogP contribution is -2.34. The van der Waals surface area contributed by atoms with Crippen LogP contribution in [-0.4, -0.2) is 15.7 Å². The fraction of sp³-hybridized carbons (Fsp3) is 0.0952. The molecule has 2 aromatic heterocycles. The largest absolute Gasteiger partial charge is 0.416 e. The molecule has 32 heavy (non-hydrogen) atoms. The van der Waals surface area contributed by atoms with Gasteiger partial charge < -0.3 is 0 Å². The van der Waals surface area contributed by atoms with Gasteiger partial charge in [0, 0.05) is 9.79 Å². The van der Waals surface area contributed by atoms with Crippen molar-refractivity contribution in [2.24, 2.45) is 0 Å². The van der Waals surface area contributed by atoms with Crippen molar-refractivity contribution in [3.05, 3.63) is 70.3 Å². The average Bonchev–Trinajstić information content (AvgIpc) is 3.41. The molecule has 0 aliphatic carbocycles. The second-order valence-corrected chi connectivity index (χ2v) is 9.84. The number of aromatic nitrogens is 2. The highest BCUT2D eigenvalue weighted by Gasteiger charge is 2.35. The monoisotopic (exact) mass is 490 g/mol. The Kier molecular flexibility index (Phi) is 5.19. The van der Waals surface area contributed by atoms with Gasteiger partial charge in [0.15, 0.2) is 5.01 Å². The van der Waals surface area contributed by atoms with E-state index in [4.69, 9.17) is 5.41 Å². The lowest BCUT2D eigenvalue weighted by molar-refractivity contribution is -0.137. The Balaban J connectivity index is 1.56. The number of benzene rings is 2. The molecule has 0 spiro atoms. The number of carbonyl (C=O) groups is 1. The normalized spacial score (nSPS) is 13.0. The van der Waals surface area contributed by atoms with Gasteiger partial charge in [0.2, 0.25) is 4.80 Å². The Bertz CT molecular complexity index is 1380. The molecule has 0 atom stereocenters. The summed E-state index contributed by atoms with van der Waals surface area (Å²) in [6, 6.07) is 14.2. The number of amides is 1. The van der Waals surface area contributed by atoms with Gasteiger partial charge in [-0.3, -0.25) is 15.1 Å². The smallest absolute Gasteiger partial charge is 0.277 e. The van der Waals surface area contributed by atoms with Crippen LogP contribution in [0.1, 0.15) is 5.56 Å². The summed E-state index contributed by atoms with van der Waals surface area (Å²) in [5, 5.41) is 15.1. The van der Waals surface area contributed by atoms with Gasteiger partial charge >= 0.3 is 6.18 Å². The van der Waals surface area contributed by atoms with E-state index in [1.807, 2.05) is 29.6 Å². The van der Waals surface area contributed by atoms with E-state index in [0.29, 0.717) is 15.6 Å². The number of rotatable bonds is 3. The zero-order valence-corrected chi connectivity index (χ0v) is 18.5. The molecule has 0 unspecified atom stereocenters. The van der Waals surface area contributed by atoms with Crippen LogP contribution in [-0.2, 0) is 17.5 Å². The predicted octanol–water partition coefficient (Wildman–Crippen LogP) is 6.00. The Labute approximate surface area is 192 Å². The summed E-state index contributed by atoms with van der Waals surface area (Å²) in [5.74, 6) is -0.472. The van der Waals surface area contributed by atoms with E-state index in [0.717, 1.165) is 33.2 Å². The Morgan fingerprint density at radius 2 is 1.81 bits per heavy atom. The first-order valence-electron chi connectivity index (χ1n) is 9.29. The number of halogens is 3. The zero-order valence-electron chi connectivity index (χ0n) is 16.1. The lowest BCUT2D eigenvalue weighted by Gasteiger charge is -2.31. The van der Waals surface area contributed by atoms with Crippen LogP contribution in [0.4, 0.5) is 24.5 Å². The van der Waals surface area contributed by atoms with Crippen molar-refractivity contribution < 1.29 is 18.0 Å². The summed E-state index contributed by atoms with van der Waals surface area (Å²) >= 11 is 3.94. The third-order valence-electron chi connectivity index (χ3n) is 4.76. The molecule has 5 rings (SSSR count). The zero-order chi connectivity index (χ0) is 22.5. The molecule has 0 radical (unpaired) electrons. The minimum absolute atomic E-state index is 0.0886. The summed E-state index contributed by atoms with van der Waals surface area (Å²) < 4.78 is 41.4. The Hall–Kier alpha value is -2.89. The quantitative estimate of drug-likeness (QED) is 0.383. The molecular formula is C21H13F3N4OS3. The first-order valence-corrected chi connectivity index (χ1v) is 11.8. The molecule has 0 bridgehead atoms. The van der Waals surface area contributed by atoms with E-state index >= 15 is 0 Å². The SMILES string of the molecule is N=c1sc(-c2cccs2)nn1CC(=O)N1c2ccccc2Sc2ccc(C(F)(F)F)cc21. The molecule has 5 nitrogen and oxygen atoms in total. The molecule has 0 saturated carbocycles. The molecule has 3 heterocycles. The number of thiophene rings is 1. The van der Waals surface area contributed by atoms with E-state index < -0.39 is 17.6 Å². The number of nitrogens with one attached hydrogen (secondary N) is 1. The average molecular weight is 491 g/mol. The number of hydrogen-bond donors (Lipinski definition) is 1. The second kappa shape index (κ2) is 7.91. The van der Waals surface area contributed by atoms with Crippen LogP contribution in [0.15, 0.2) is 69.8 Å². The summed E-state index contributed by atoms with van der Waals surface area (Å²) in [7, 11) is 0. The first-order chi connectivity index (χ1) is 15.3. The van der Waals surface area contributed by atoms with Crippen molar-refractivity contribution in [1.82, 2.24) is 9.78 Å². The van der Waals surface area contributed by atoms with Crippen molar-refractivity contribution in [2.75, 3.05) is 4.90 Å². The van der Waals surface area contributed by atoms with Gasteiger partial charge in [0.25, 0.3) is 5.91 Å². The minimum atomic E-state index is -4.53. The molecular weight excluding hydrogens is 477 g/mol. The molecule has 0 saturated heterocycles. The number of nitrogens with zero attached hydrogens (tertiary/aromatic N) is 3. The molecule has 11 heteroatoms. The molecule has 162 valence electrons. The van der Waals surface area contributed by atoms with Gasteiger partial charge in [-0.25, -0.2) is 4.68 Å². The van der Waals surface area contributed by atoms with Crippen molar-refractivity contribution in [3.63, 3.8) is 0 Å². The molecule has 1 aliphatic rings. The number of anilines is 2. The third-order valence-corrected chi connectivity index (χ3v) is 7.79. The van der Waals surface area contributed by atoms with E-state index in [9.17, 15) is 18.0 Å². The number of alkyl halides is 3.